The Morgan fingerprint density at radius 1 is 1.17 bits per heavy atom. The highest BCUT2D eigenvalue weighted by Gasteiger charge is 2.14. The average Bonchev–Trinajstić information content (AvgIpc) is 2.99. The van der Waals surface area contributed by atoms with Gasteiger partial charge in [-0.25, -0.2) is 4.79 Å². The van der Waals surface area contributed by atoms with Crippen LogP contribution in [0, 0.1) is 6.92 Å². The normalized spacial score (nSPS) is 12.6. The molecule has 0 saturated carbocycles. The molecule has 1 amide bonds. The summed E-state index contributed by atoms with van der Waals surface area (Å²) in [6.45, 7) is 2.54. The summed E-state index contributed by atoms with van der Waals surface area (Å²) in [5.74, 6) is 0.317. The van der Waals surface area contributed by atoms with Crippen molar-refractivity contribution in [1.82, 2.24) is 0 Å². The number of hydrogen-bond donors (Lipinski definition) is 1. The molecule has 7 heteroatoms. The van der Waals surface area contributed by atoms with Crippen LogP contribution in [-0.4, -0.2) is 31.7 Å². The second kappa shape index (κ2) is 6.70. The minimum atomic E-state index is -0.500. The Morgan fingerprint density at radius 3 is 2.70 bits per heavy atom. The predicted molar refractivity (Wildman–Crippen MR) is 85.4 cm³/mol. The fraction of sp³-hybridized carbons (Fsp3) is 0.250. The lowest BCUT2D eigenvalue weighted by atomic mass is 10.2. The molecule has 1 aliphatic heterocycles. The van der Waals surface area contributed by atoms with E-state index in [9.17, 15) is 9.59 Å². The zero-order chi connectivity index (χ0) is 16.2. The molecule has 0 bridgehead atoms. The highest BCUT2D eigenvalue weighted by atomic mass is 32.1. The van der Waals surface area contributed by atoms with Crippen molar-refractivity contribution in [1.29, 1.82) is 0 Å². The van der Waals surface area contributed by atoms with Gasteiger partial charge < -0.3 is 19.5 Å². The van der Waals surface area contributed by atoms with Crippen LogP contribution in [0.25, 0.3) is 0 Å². The number of fused-ring (bicyclic) bond motifs is 1. The maximum absolute atomic E-state index is 11.9. The largest absolute Gasteiger partial charge is 0.486 e. The van der Waals surface area contributed by atoms with E-state index < -0.39 is 11.9 Å². The van der Waals surface area contributed by atoms with Crippen LogP contribution in [0.2, 0.25) is 0 Å². The quantitative estimate of drug-likeness (QED) is 0.871. The van der Waals surface area contributed by atoms with Crippen LogP contribution in [-0.2, 0) is 9.53 Å². The number of nitrogens with one attached hydrogen (secondary N) is 1. The Bertz CT molecular complexity index is 740. The van der Waals surface area contributed by atoms with Crippen LogP contribution in [0.4, 0.5) is 5.69 Å². The molecule has 0 saturated heterocycles. The van der Waals surface area contributed by atoms with Crippen LogP contribution in [0.5, 0.6) is 11.5 Å². The van der Waals surface area contributed by atoms with Gasteiger partial charge in [0.15, 0.2) is 18.1 Å². The molecule has 1 aliphatic rings. The molecule has 2 aromatic rings. The van der Waals surface area contributed by atoms with Gasteiger partial charge in [-0.15, -0.1) is 11.3 Å². The van der Waals surface area contributed by atoms with Gasteiger partial charge in [-0.05, 0) is 31.2 Å². The highest BCUT2D eigenvalue weighted by molar-refractivity contribution is 7.13. The zero-order valence-corrected chi connectivity index (χ0v) is 13.3. The van der Waals surface area contributed by atoms with Crippen molar-refractivity contribution < 1.29 is 23.8 Å². The van der Waals surface area contributed by atoms with Crippen molar-refractivity contribution >= 4 is 28.9 Å². The molecule has 0 radical (unpaired) electrons. The van der Waals surface area contributed by atoms with Crippen LogP contribution in [0.3, 0.4) is 0 Å². The second-order valence-corrected chi connectivity index (χ2v) is 6.18. The minimum Gasteiger partial charge on any atom is -0.486 e. The van der Waals surface area contributed by atoms with Crippen molar-refractivity contribution in [2.24, 2.45) is 0 Å². The van der Waals surface area contributed by atoms with Crippen molar-refractivity contribution in [2.45, 2.75) is 6.92 Å². The van der Waals surface area contributed by atoms with Crippen molar-refractivity contribution in [3.63, 3.8) is 0 Å². The van der Waals surface area contributed by atoms with E-state index in [2.05, 4.69) is 5.32 Å². The van der Waals surface area contributed by atoms with Gasteiger partial charge in [-0.3, -0.25) is 4.79 Å². The lowest BCUT2D eigenvalue weighted by Gasteiger charge is -2.18. The summed E-state index contributed by atoms with van der Waals surface area (Å²) in [5, 5.41) is 2.66. The summed E-state index contributed by atoms with van der Waals surface area (Å²) in [6, 6.07) is 8.62. The number of esters is 1. The molecule has 1 N–H and O–H groups in total. The van der Waals surface area contributed by atoms with Gasteiger partial charge in [0.1, 0.15) is 18.1 Å². The van der Waals surface area contributed by atoms with Gasteiger partial charge in [0, 0.05) is 16.6 Å². The van der Waals surface area contributed by atoms with Crippen molar-refractivity contribution in [3.05, 3.63) is 40.1 Å². The average molecular weight is 333 g/mol. The fourth-order valence-electron chi connectivity index (χ4n) is 2.06. The number of hydrogen-bond acceptors (Lipinski definition) is 6. The van der Waals surface area contributed by atoms with Gasteiger partial charge in [0.25, 0.3) is 5.91 Å². The summed E-state index contributed by atoms with van der Waals surface area (Å²) in [5.41, 5.74) is 0.558. The first-order valence-electron chi connectivity index (χ1n) is 7.05. The zero-order valence-electron chi connectivity index (χ0n) is 12.5. The third-order valence-corrected chi connectivity index (χ3v) is 4.08. The summed E-state index contributed by atoms with van der Waals surface area (Å²) in [6.07, 6.45) is 0. The number of ether oxygens (including phenoxy) is 3. The number of rotatable bonds is 4. The van der Waals surface area contributed by atoms with Gasteiger partial charge in [-0.1, -0.05) is 0 Å². The maximum atomic E-state index is 11.9. The molecule has 1 aromatic heterocycles. The number of aryl methyl sites for hydroxylation is 1. The maximum Gasteiger partial charge on any atom is 0.348 e. The fourth-order valence-corrected chi connectivity index (χ4v) is 2.83. The third-order valence-electron chi connectivity index (χ3n) is 3.10. The van der Waals surface area contributed by atoms with Gasteiger partial charge in [0.2, 0.25) is 0 Å². The van der Waals surface area contributed by atoms with Crippen LogP contribution in [0.1, 0.15) is 14.5 Å². The summed E-state index contributed by atoms with van der Waals surface area (Å²) >= 11 is 1.33. The van der Waals surface area contributed by atoms with Crippen LogP contribution in [0.15, 0.2) is 30.3 Å². The van der Waals surface area contributed by atoms with Crippen molar-refractivity contribution in [2.75, 3.05) is 25.1 Å². The van der Waals surface area contributed by atoms with Gasteiger partial charge in [0.05, 0.1) is 0 Å². The molecule has 0 unspecified atom stereocenters. The van der Waals surface area contributed by atoms with E-state index in [1.807, 2.05) is 13.0 Å². The molecular weight excluding hydrogens is 318 g/mol. The van der Waals surface area contributed by atoms with Gasteiger partial charge >= 0.3 is 5.97 Å². The summed E-state index contributed by atoms with van der Waals surface area (Å²) in [4.78, 5) is 25.1. The molecule has 3 rings (SSSR count). The smallest absolute Gasteiger partial charge is 0.348 e. The van der Waals surface area contributed by atoms with Crippen LogP contribution < -0.4 is 14.8 Å². The Morgan fingerprint density at radius 2 is 1.96 bits per heavy atom. The van der Waals surface area contributed by atoms with Crippen molar-refractivity contribution in [3.8, 4) is 11.5 Å². The topological polar surface area (TPSA) is 73.9 Å². The lowest BCUT2D eigenvalue weighted by molar-refractivity contribution is -0.119. The predicted octanol–water partition coefficient (Wildman–Crippen LogP) is 2.62. The van der Waals surface area contributed by atoms with E-state index >= 15 is 0 Å². The molecule has 0 spiro atoms. The Kier molecular flexibility index (Phi) is 4.47. The second-order valence-electron chi connectivity index (χ2n) is 4.89. The first kappa shape index (κ1) is 15.4. The number of thiophene rings is 1. The first-order valence-corrected chi connectivity index (χ1v) is 7.86. The number of anilines is 1. The molecule has 0 atom stereocenters. The Labute approximate surface area is 137 Å². The Balaban J connectivity index is 1.54. The molecule has 2 heterocycles. The molecule has 6 nitrogen and oxygen atoms in total. The minimum absolute atomic E-state index is 0.343. The summed E-state index contributed by atoms with van der Waals surface area (Å²) in [7, 11) is 0. The SMILES string of the molecule is Cc1ccc(C(=O)OCC(=O)Nc2ccc3c(c2)OCCO3)s1. The first-order chi connectivity index (χ1) is 11.1. The van der Waals surface area contributed by atoms with Gasteiger partial charge in [-0.2, -0.15) is 0 Å². The number of carbonyl (C=O) groups is 2. The lowest BCUT2D eigenvalue weighted by Crippen LogP contribution is -2.21. The molecule has 1 aromatic carbocycles. The third kappa shape index (κ3) is 3.81. The van der Waals surface area contributed by atoms with Crippen LogP contribution >= 0.6 is 11.3 Å². The van der Waals surface area contributed by atoms with E-state index in [1.165, 1.54) is 11.3 Å². The van der Waals surface area contributed by atoms with E-state index in [4.69, 9.17) is 14.2 Å². The number of carbonyl (C=O) groups excluding carboxylic acids is 2. The molecule has 0 aliphatic carbocycles. The Hall–Kier alpha value is -2.54. The molecule has 120 valence electrons. The highest BCUT2D eigenvalue weighted by Crippen LogP contribution is 2.32. The standard InChI is InChI=1S/C16H15NO5S/c1-10-2-5-14(23-10)16(19)22-9-15(18)17-11-3-4-12-13(8-11)21-7-6-20-12/h2-5,8H,6-7,9H2,1H3,(H,17,18). The van der Waals surface area contributed by atoms with E-state index in [1.54, 1.807) is 24.3 Å². The van der Waals surface area contributed by atoms with E-state index in [-0.39, 0.29) is 6.61 Å². The molecular formula is C16H15NO5S. The number of amides is 1. The monoisotopic (exact) mass is 333 g/mol. The molecule has 23 heavy (non-hydrogen) atoms. The summed E-state index contributed by atoms with van der Waals surface area (Å²) < 4.78 is 15.8. The van der Waals surface area contributed by atoms with E-state index in [0.717, 1.165) is 4.88 Å². The molecule has 0 fully saturated rings. The number of benzene rings is 1. The van der Waals surface area contributed by atoms with E-state index in [0.29, 0.717) is 35.3 Å².